The first-order valence-electron chi connectivity index (χ1n) is 10.6. The Labute approximate surface area is 175 Å². The van der Waals surface area contributed by atoms with Crippen molar-refractivity contribution < 1.29 is 9.59 Å². The van der Waals surface area contributed by atoms with Crippen LogP contribution < -0.4 is 5.32 Å². The molecule has 2 amide bonds. The van der Waals surface area contributed by atoms with Crippen LogP contribution >= 0.6 is 0 Å². The molecular weight excluding hydrogens is 360 g/mol. The number of unbranched alkanes of at least 4 members (excludes halogenated alkanes) is 1. The molecule has 4 heteroatoms. The molecule has 2 aromatic rings. The van der Waals surface area contributed by atoms with Gasteiger partial charge in [-0.3, -0.25) is 9.59 Å². The Hall–Kier alpha value is -2.62. The Balaban J connectivity index is 2.11. The van der Waals surface area contributed by atoms with E-state index in [0.717, 1.165) is 29.5 Å². The summed E-state index contributed by atoms with van der Waals surface area (Å²) in [6.07, 6.45) is 3.03. The second-order valence-corrected chi connectivity index (χ2v) is 7.75. The summed E-state index contributed by atoms with van der Waals surface area (Å²) in [5.41, 5.74) is 4.55. The molecule has 0 aliphatic heterocycles. The van der Waals surface area contributed by atoms with Gasteiger partial charge in [-0.2, -0.15) is 0 Å². The summed E-state index contributed by atoms with van der Waals surface area (Å²) in [6, 6.07) is 15.8. The fourth-order valence-electron chi connectivity index (χ4n) is 3.24. The number of hydrogen-bond acceptors (Lipinski definition) is 2. The third-order valence-electron chi connectivity index (χ3n) is 5.35. The van der Waals surface area contributed by atoms with Crippen molar-refractivity contribution in [3.05, 3.63) is 70.8 Å². The Morgan fingerprint density at radius 1 is 1.03 bits per heavy atom. The van der Waals surface area contributed by atoms with E-state index >= 15 is 0 Å². The third kappa shape index (κ3) is 7.04. The normalized spacial score (nSPS) is 11.7. The number of nitrogens with zero attached hydrogens (tertiary/aromatic N) is 1. The van der Waals surface area contributed by atoms with Crippen LogP contribution in [0.4, 0.5) is 0 Å². The molecule has 1 atom stereocenters. The lowest BCUT2D eigenvalue weighted by Crippen LogP contribution is -2.48. The maximum absolute atomic E-state index is 13.1. The maximum atomic E-state index is 13.1. The molecule has 0 heterocycles. The molecule has 29 heavy (non-hydrogen) atoms. The highest BCUT2D eigenvalue weighted by molar-refractivity contribution is 5.87. The number of nitrogens with one attached hydrogen (secondary N) is 1. The Kier molecular flexibility index (Phi) is 8.91. The van der Waals surface area contributed by atoms with Crippen molar-refractivity contribution in [2.75, 3.05) is 6.54 Å². The van der Waals surface area contributed by atoms with E-state index in [-0.39, 0.29) is 11.8 Å². The van der Waals surface area contributed by atoms with E-state index in [9.17, 15) is 9.59 Å². The van der Waals surface area contributed by atoms with Gasteiger partial charge in [0.05, 0.1) is 0 Å². The molecule has 0 saturated heterocycles. The van der Waals surface area contributed by atoms with E-state index in [1.54, 1.807) is 4.90 Å². The molecule has 0 fully saturated rings. The highest BCUT2D eigenvalue weighted by atomic mass is 16.2. The zero-order valence-electron chi connectivity index (χ0n) is 18.2. The van der Waals surface area contributed by atoms with Gasteiger partial charge in [0, 0.05) is 19.5 Å². The SMILES string of the molecule is CCCCNC(=O)[C@@H](C)N(Cc1ccccc1C)C(=O)CCc1ccc(C)cc1. The fraction of sp³-hybridized carbons (Fsp3) is 0.440. The van der Waals surface area contributed by atoms with Crippen LogP contribution in [0.25, 0.3) is 0 Å². The summed E-state index contributed by atoms with van der Waals surface area (Å²) in [7, 11) is 0. The minimum absolute atomic E-state index is 0.00645. The minimum atomic E-state index is -0.503. The van der Waals surface area contributed by atoms with Gasteiger partial charge in [-0.15, -0.1) is 0 Å². The van der Waals surface area contributed by atoms with E-state index in [1.165, 1.54) is 5.56 Å². The van der Waals surface area contributed by atoms with E-state index in [2.05, 4.69) is 43.4 Å². The average Bonchev–Trinajstić information content (AvgIpc) is 2.72. The Morgan fingerprint density at radius 3 is 2.38 bits per heavy atom. The second kappa shape index (κ2) is 11.4. The first kappa shape index (κ1) is 22.7. The molecule has 0 radical (unpaired) electrons. The molecule has 2 aromatic carbocycles. The molecule has 0 aliphatic rings. The summed E-state index contributed by atoms with van der Waals surface area (Å²) >= 11 is 0. The van der Waals surface area contributed by atoms with Gasteiger partial charge in [-0.05, 0) is 50.3 Å². The zero-order chi connectivity index (χ0) is 21.2. The van der Waals surface area contributed by atoms with Crippen LogP contribution in [-0.2, 0) is 22.6 Å². The maximum Gasteiger partial charge on any atom is 0.242 e. The van der Waals surface area contributed by atoms with Crippen molar-refractivity contribution in [2.45, 2.75) is 66.0 Å². The zero-order valence-corrected chi connectivity index (χ0v) is 18.2. The number of carbonyl (C=O) groups is 2. The van der Waals surface area contributed by atoms with E-state index in [0.29, 0.717) is 25.9 Å². The van der Waals surface area contributed by atoms with Gasteiger partial charge in [0.15, 0.2) is 0 Å². The molecule has 0 spiro atoms. The van der Waals surface area contributed by atoms with Crippen LogP contribution in [0.15, 0.2) is 48.5 Å². The highest BCUT2D eigenvalue weighted by Gasteiger charge is 2.26. The van der Waals surface area contributed by atoms with E-state index in [1.807, 2.05) is 38.1 Å². The first-order chi connectivity index (χ1) is 13.9. The topological polar surface area (TPSA) is 49.4 Å². The van der Waals surface area contributed by atoms with Crippen molar-refractivity contribution in [1.29, 1.82) is 0 Å². The summed E-state index contributed by atoms with van der Waals surface area (Å²) in [5, 5.41) is 2.97. The van der Waals surface area contributed by atoms with E-state index in [4.69, 9.17) is 0 Å². The van der Waals surface area contributed by atoms with Crippen LogP contribution in [0.2, 0.25) is 0 Å². The summed E-state index contributed by atoms with van der Waals surface area (Å²) in [5.74, 6) is -0.0808. The van der Waals surface area contributed by atoms with Crippen molar-refractivity contribution in [2.24, 2.45) is 0 Å². The van der Waals surface area contributed by atoms with Gasteiger partial charge in [0.2, 0.25) is 11.8 Å². The first-order valence-corrected chi connectivity index (χ1v) is 10.6. The van der Waals surface area contributed by atoms with Crippen LogP contribution in [-0.4, -0.2) is 29.3 Å². The summed E-state index contributed by atoms with van der Waals surface area (Å²) < 4.78 is 0. The third-order valence-corrected chi connectivity index (χ3v) is 5.35. The predicted octanol–water partition coefficient (Wildman–Crippen LogP) is 4.57. The quantitative estimate of drug-likeness (QED) is 0.600. The number of carbonyl (C=O) groups excluding carboxylic acids is 2. The number of benzene rings is 2. The summed E-state index contributed by atoms with van der Waals surface area (Å²) in [4.78, 5) is 27.5. The largest absolute Gasteiger partial charge is 0.354 e. The van der Waals surface area contributed by atoms with Gasteiger partial charge in [-0.25, -0.2) is 0 Å². The molecule has 156 valence electrons. The summed E-state index contributed by atoms with van der Waals surface area (Å²) in [6.45, 7) is 9.10. The predicted molar refractivity (Wildman–Crippen MR) is 119 cm³/mol. The molecular formula is C25H34N2O2. The number of aryl methyl sites for hydroxylation is 3. The number of rotatable bonds is 10. The molecule has 0 saturated carbocycles. The molecule has 0 bridgehead atoms. The van der Waals surface area contributed by atoms with Gasteiger partial charge in [0.25, 0.3) is 0 Å². The number of amides is 2. The molecule has 2 rings (SSSR count). The molecule has 0 aromatic heterocycles. The van der Waals surface area contributed by atoms with Crippen LogP contribution in [0.3, 0.4) is 0 Å². The molecule has 4 nitrogen and oxygen atoms in total. The Bertz CT molecular complexity index is 799. The standard InChI is InChI=1S/C25H34N2O2/c1-5-6-17-26-25(29)21(4)27(18-23-10-8-7-9-20(23)3)24(28)16-15-22-13-11-19(2)12-14-22/h7-14,21H,5-6,15-18H2,1-4H3,(H,26,29)/t21-/m1/s1. The van der Waals surface area contributed by atoms with Crippen molar-refractivity contribution in [3.63, 3.8) is 0 Å². The highest BCUT2D eigenvalue weighted by Crippen LogP contribution is 2.16. The van der Waals surface area contributed by atoms with Crippen LogP contribution in [0.1, 0.15) is 55.4 Å². The van der Waals surface area contributed by atoms with Gasteiger partial charge < -0.3 is 10.2 Å². The molecule has 0 unspecified atom stereocenters. The van der Waals surface area contributed by atoms with Crippen LogP contribution in [0.5, 0.6) is 0 Å². The van der Waals surface area contributed by atoms with Gasteiger partial charge >= 0.3 is 0 Å². The lowest BCUT2D eigenvalue weighted by Gasteiger charge is -2.29. The smallest absolute Gasteiger partial charge is 0.242 e. The van der Waals surface area contributed by atoms with E-state index < -0.39 is 6.04 Å². The van der Waals surface area contributed by atoms with Gasteiger partial charge in [-0.1, -0.05) is 67.4 Å². The van der Waals surface area contributed by atoms with Crippen LogP contribution in [0, 0.1) is 13.8 Å². The average molecular weight is 395 g/mol. The minimum Gasteiger partial charge on any atom is -0.354 e. The van der Waals surface area contributed by atoms with Crippen molar-refractivity contribution >= 4 is 11.8 Å². The molecule has 1 N–H and O–H groups in total. The second-order valence-electron chi connectivity index (χ2n) is 7.75. The lowest BCUT2D eigenvalue weighted by molar-refractivity contribution is -0.140. The van der Waals surface area contributed by atoms with Crippen molar-refractivity contribution in [1.82, 2.24) is 10.2 Å². The van der Waals surface area contributed by atoms with Gasteiger partial charge in [0.1, 0.15) is 6.04 Å². The Morgan fingerprint density at radius 2 is 1.72 bits per heavy atom. The monoisotopic (exact) mass is 394 g/mol. The van der Waals surface area contributed by atoms with Crippen molar-refractivity contribution in [3.8, 4) is 0 Å². The number of hydrogen-bond donors (Lipinski definition) is 1. The lowest BCUT2D eigenvalue weighted by atomic mass is 10.0. The molecule has 0 aliphatic carbocycles. The fourth-order valence-corrected chi connectivity index (χ4v) is 3.24.